The van der Waals surface area contributed by atoms with Gasteiger partial charge in [-0.15, -0.1) is 11.8 Å². The third-order valence-corrected chi connectivity index (χ3v) is 6.01. The van der Waals surface area contributed by atoms with Gasteiger partial charge in [0.2, 0.25) is 5.91 Å². The van der Waals surface area contributed by atoms with Gasteiger partial charge in [-0.3, -0.25) is 9.59 Å². The maximum atomic E-state index is 13.4. The monoisotopic (exact) mass is 386 g/mol. The van der Waals surface area contributed by atoms with Crippen LogP contribution in [0.2, 0.25) is 0 Å². The molecule has 0 spiro atoms. The molecule has 0 saturated carbocycles. The number of aryl methyl sites for hydroxylation is 1. The number of rotatable bonds is 6. The van der Waals surface area contributed by atoms with E-state index in [1.54, 1.807) is 22.7 Å². The van der Waals surface area contributed by atoms with Gasteiger partial charge in [-0.05, 0) is 43.2 Å². The van der Waals surface area contributed by atoms with Crippen LogP contribution >= 0.6 is 11.8 Å². The molecule has 2 amide bonds. The number of carbonyl (C=O) groups is 2. The van der Waals surface area contributed by atoms with Gasteiger partial charge in [0.05, 0.1) is 5.75 Å². The lowest BCUT2D eigenvalue weighted by molar-refractivity contribution is -0.128. The molecule has 4 nitrogen and oxygen atoms in total. The Bertz CT molecular complexity index is 842. The standard InChI is InChI=1S/C21H23FN2O2S/c1-3-23(20(26)16-8-6-9-17(22)13-16)11-12-24-19(25)14-27-21(24)18-10-5-4-7-15(18)2/h4-10,13,21H,3,11-12,14H2,1-2H3/t21-/m1/s1. The Kier molecular flexibility index (Phi) is 6.16. The minimum atomic E-state index is -0.428. The van der Waals surface area contributed by atoms with Crippen LogP contribution in [-0.2, 0) is 4.79 Å². The van der Waals surface area contributed by atoms with E-state index in [9.17, 15) is 14.0 Å². The number of nitrogens with zero attached hydrogens (tertiary/aromatic N) is 2. The Labute approximate surface area is 163 Å². The summed E-state index contributed by atoms with van der Waals surface area (Å²) in [6, 6.07) is 13.8. The summed E-state index contributed by atoms with van der Waals surface area (Å²) in [7, 11) is 0. The van der Waals surface area contributed by atoms with E-state index in [4.69, 9.17) is 0 Å². The molecule has 0 aliphatic carbocycles. The quantitative estimate of drug-likeness (QED) is 0.757. The Morgan fingerprint density at radius 3 is 2.74 bits per heavy atom. The van der Waals surface area contributed by atoms with Crippen molar-refractivity contribution in [3.63, 3.8) is 0 Å². The third-order valence-electron chi connectivity index (χ3n) is 4.77. The summed E-state index contributed by atoms with van der Waals surface area (Å²) in [6.07, 6.45) is 0. The highest BCUT2D eigenvalue weighted by Gasteiger charge is 2.33. The smallest absolute Gasteiger partial charge is 0.254 e. The first-order chi connectivity index (χ1) is 13.0. The Balaban J connectivity index is 1.72. The van der Waals surface area contributed by atoms with Gasteiger partial charge in [0.1, 0.15) is 11.2 Å². The molecule has 0 N–H and O–H groups in total. The maximum absolute atomic E-state index is 13.4. The highest BCUT2D eigenvalue weighted by Crippen LogP contribution is 2.39. The fourth-order valence-corrected chi connectivity index (χ4v) is 4.57. The lowest BCUT2D eigenvalue weighted by Gasteiger charge is -2.29. The molecule has 3 rings (SSSR count). The number of hydrogen-bond acceptors (Lipinski definition) is 3. The van der Waals surface area contributed by atoms with E-state index >= 15 is 0 Å². The summed E-state index contributed by atoms with van der Waals surface area (Å²) >= 11 is 1.62. The molecule has 1 saturated heterocycles. The van der Waals surface area contributed by atoms with Crippen molar-refractivity contribution in [2.45, 2.75) is 19.2 Å². The summed E-state index contributed by atoms with van der Waals surface area (Å²) in [5, 5.41) is -0.0262. The highest BCUT2D eigenvalue weighted by molar-refractivity contribution is 8.00. The fourth-order valence-electron chi connectivity index (χ4n) is 3.25. The van der Waals surface area contributed by atoms with Crippen molar-refractivity contribution in [3.05, 3.63) is 71.0 Å². The molecule has 1 heterocycles. The van der Waals surface area contributed by atoms with Crippen molar-refractivity contribution in [3.8, 4) is 0 Å². The van der Waals surface area contributed by atoms with Crippen LogP contribution in [0.1, 0.15) is 33.8 Å². The average Bonchev–Trinajstić information content (AvgIpc) is 3.03. The van der Waals surface area contributed by atoms with Crippen LogP contribution in [0.4, 0.5) is 4.39 Å². The molecule has 0 radical (unpaired) electrons. The van der Waals surface area contributed by atoms with E-state index in [2.05, 4.69) is 0 Å². The third kappa shape index (κ3) is 4.33. The lowest BCUT2D eigenvalue weighted by Crippen LogP contribution is -2.40. The zero-order valence-corrected chi connectivity index (χ0v) is 16.3. The van der Waals surface area contributed by atoms with Crippen molar-refractivity contribution < 1.29 is 14.0 Å². The minimum absolute atomic E-state index is 0.0262. The van der Waals surface area contributed by atoms with Crippen molar-refractivity contribution in [2.24, 2.45) is 0 Å². The molecule has 2 aromatic carbocycles. The summed E-state index contributed by atoms with van der Waals surface area (Å²) in [6.45, 7) is 5.30. The molecule has 1 atom stereocenters. The zero-order valence-electron chi connectivity index (χ0n) is 15.5. The summed E-state index contributed by atoms with van der Waals surface area (Å²) < 4.78 is 13.4. The Morgan fingerprint density at radius 2 is 2.04 bits per heavy atom. The van der Waals surface area contributed by atoms with Gasteiger partial charge in [0.15, 0.2) is 0 Å². The normalized spacial score (nSPS) is 16.6. The second-order valence-electron chi connectivity index (χ2n) is 6.50. The van der Waals surface area contributed by atoms with Crippen LogP contribution in [0.15, 0.2) is 48.5 Å². The van der Waals surface area contributed by atoms with E-state index in [0.29, 0.717) is 31.0 Å². The number of benzene rings is 2. The van der Waals surface area contributed by atoms with Gasteiger partial charge in [-0.25, -0.2) is 4.39 Å². The molecule has 6 heteroatoms. The van der Waals surface area contributed by atoms with Gasteiger partial charge in [0, 0.05) is 25.2 Å². The summed E-state index contributed by atoms with van der Waals surface area (Å²) in [5.74, 6) is -0.114. The molecular weight excluding hydrogens is 363 g/mol. The van der Waals surface area contributed by atoms with E-state index in [1.165, 1.54) is 18.2 Å². The predicted molar refractivity (Wildman–Crippen MR) is 106 cm³/mol. The van der Waals surface area contributed by atoms with Crippen molar-refractivity contribution >= 4 is 23.6 Å². The number of carbonyl (C=O) groups excluding carboxylic acids is 2. The molecule has 1 aliphatic rings. The number of halogens is 1. The van der Waals surface area contributed by atoms with Crippen molar-refractivity contribution in [1.29, 1.82) is 0 Å². The molecule has 0 aromatic heterocycles. The molecule has 0 unspecified atom stereocenters. The number of thioether (sulfide) groups is 1. The molecule has 0 bridgehead atoms. The van der Waals surface area contributed by atoms with Crippen LogP contribution in [0.3, 0.4) is 0 Å². The molecule has 142 valence electrons. The molecule has 2 aromatic rings. The molecule has 27 heavy (non-hydrogen) atoms. The zero-order chi connectivity index (χ0) is 19.4. The van der Waals surface area contributed by atoms with Gasteiger partial charge in [0.25, 0.3) is 5.91 Å². The van der Waals surface area contributed by atoms with Crippen LogP contribution in [-0.4, -0.2) is 47.0 Å². The first-order valence-electron chi connectivity index (χ1n) is 9.02. The second-order valence-corrected chi connectivity index (χ2v) is 7.57. The minimum Gasteiger partial charge on any atom is -0.337 e. The van der Waals surface area contributed by atoms with E-state index in [1.807, 2.05) is 43.0 Å². The second kappa shape index (κ2) is 8.57. The maximum Gasteiger partial charge on any atom is 0.254 e. The Hall–Kier alpha value is -2.34. The van der Waals surface area contributed by atoms with E-state index < -0.39 is 5.82 Å². The number of amides is 2. The van der Waals surface area contributed by atoms with Gasteiger partial charge in [-0.2, -0.15) is 0 Å². The summed E-state index contributed by atoms with van der Waals surface area (Å²) in [5.41, 5.74) is 2.61. The molecular formula is C21H23FN2O2S. The average molecular weight is 386 g/mol. The highest BCUT2D eigenvalue weighted by atomic mass is 32.2. The largest absolute Gasteiger partial charge is 0.337 e. The lowest BCUT2D eigenvalue weighted by atomic mass is 10.1. The first kappa shape index (κ1) is 19.4. The number of hydrogen-bond donors (Lipinski definition) is 0. The van der Waals surface area contributed by atoms with E-state index in [0.717, 1.165) is 11.1 Å². The van der Waals surface area contributed by atoms with Gasteiger partial charge >= 0.3 is 0 Å². The molecule has 1 aliphatic heterocycles. The van der Waals surface area contributed by atoms with Gasteiger partial charge in [-0.1, -0.05) is 30.3 Å². The molecule has 1 fully saturated rings. The van der Waals surface area contributed by atoms with E-state index in [-0.39, 0.29) is 17.2 Å². The van der Waals surface area contributed by atoms with Crippen molar-refractivity contribution in [2.75, 3.05) is 25.4 Å². The van der Waals surface area contributed by atoms with Crippen LogP contribution in [0, 0.1) is 12.7 Å². The SMILES string of the molecule is CCN(CCN1C(=O)CS[C@@H]1c1ccccc1C)C(=O)c1cccc(F)c1. The first-order valence-corrected chi connectivity index (χ1v) is 10.1. The topological polar surface area (TPSA) is 40.6 Å². The Morgan fingerprint density at radius 1 is 1.26 bits per heavy atom. The van der Waals surface area contributed by atoms with Gasteiger partial charge < -0.3 is 9.80 Å². The fraction of sp³-hybridized carbons (Fsp3) is 0.333. The summed E-state index contributed by atoms with van der Waals surface area (Å²) in [4.78, 5) is 28.6. The van der Waals surface area contributed by atoms with Crippen LogP contribution in [0.5, 0.6) is 0 Å². The van der Waals surface area contributed by atoms with Crippen LogP contribution < -0.4 is 0 Å². The predicted octanol–water partition coefficient (Wildman–Crippen LogP) is 3.87. The van der Waals surface area contributed by atoms with Crippen LogP contribution in [0.25, 0.3) is 0 Å². The van der Waals surface area contributed by atoms with Crippen molar-refractivity contribution in [1.82, 2.24) is 9.80 Å². The number of likely N-dealkylation sites (N-methyl/N-ethyl adjacent to an activating group) is 1.